The Balaban J connectivity index is 1.52. The fourth-order valence-electron chi connectivity index (χ4n) is 2.76. The van der Waals surface area contributed by atoms with Crippen LogP contribution in [-0.4, -0.2) is 37.0 Å². The normalized spacial score (nSPS) is 13.2. The predicted octanol–water partition coefficient (Wildman–Crippen LogP) is 3.75. The summed E-state index contributed by atoms with van der Waals surface area (Å²) in [7, 11) is 1.67. The highest BCUT2D eigenvalue weighted by atomic mass is 16.5. The second-order valence-electron chi connectivity index (χ2n) is 7.78. The van der Waals surface area contributed by atoms with E-state index in [9.17, 15) is 14.4 Å². The number of nitrogens with zero attached hydrogens (tertiary/aromatic N) is 1. The number of nitrogens with one attached hydrogen (secondary N) is 2. The third-order valence-corrected chi connectivity index (χ3v) is 4.66. The van der Waals surface area contributed by atoms with Crippen molar-refractivity contribution in [3.05, 3.63) is 65.7 Å². The first-order valence-electron chi connectivity index (χ1n) is 10.3. The number of hydrogen-bond acceptors (Lipinski definition) is 4. The van der Waals surface area contributed by atoms with Crippen LogP contribution in [0.4, 0.5) is 10.5 Å². The fraction of sp³-hybridized carbons (Fsp3) is 0.292. The molecular weight excluding hydrogens is 394 g/mol. The van der Waals surface area contributed by atoms with Gasteiger partial charge in [-0.05, 0) is 74.7 Å². The highest BCUT2D eigenvalue weighted by molar-refractivity contribution is 5.95. The van der Waals surface area contributed by atoms with E-state index >= 15 is 0 Å². The van der Waals surface area contributed by atoms with E-state index in [0.29, 0.717) is 23.0 Å². The molecule has 1 fully saturated rings. The Bertz CT molecular complexity index is 961. The molecule has 1 aliphatic carbocycles. The van der Waals surface area contributed by atoms with Gasteiger partial charge in [0.05, 0.1) is 0 Å². The second-order valence-corrected chi connectivity index (χ2v) is 7.78. The van der Waals surface area contributed by atoms with Crippen LogP contribution in [0.1, 0.15) is 42.6 Å². The van der Waals surface area contributed by atoms with Crippen LogP contribution < -0.4 is 20.3 Å². The summed E-state index contributed by atoms with van der Waals surface area (Å²) in [5.74, 6) is -0.217. The zero-order valence-electron chi connectivity index (χ0n) is 17.9. The van der Waals surface area contributed by atoms with Gasteiger partial charge < -0.3 is 15.4 Å². The molecule has 1 saturated carbocycles. The van der Waals surface area contributed by atoms with Crippen molar-refractivity contribution in [1.29, 1.82) is 0 Å². The third kappa shape index (κ3) is 6.70. The average molecular weight is 421 g/mol. The summed E-state index contributed by atoms with van der Waals surface area (Å²) in [5, 5.41) is 5.75. The summed E-state index contributed by atoms with van der Waals surface area (Å²) in [5.41, 5.74) is 2.06. The predicted molar refractivity (Wildman–Crippen MR) is 120 cm³/mol. The maximum absolute atomic E-state index is 12.1. The number of rotatable bonds is 7. The molecule has 0 bridgehead atoms. The number of urea groups is 1. The van der Waals surface area contributed by atoms with Gasteiger partial charge in [-0.15, -0.1) is 0 Å². The average Bonchev–Trinajstić information content (AvgIpc) is 3.56. The maximum Gasteiger partial charge on any atom is 0.336 e. The molecule has 0 heterocycles. The van der Waals surface area contributed by atoms with Crippen LogP contribution in [0.2, 0.25) is 0 Å². The lowest BCUT2D eigenvalue weighted by atomic mass is 10.1. The van der Waals surface area contributed by atoms with Crippen molar-refractivity contribution in [3.63, 3.8) is 0 Å². The number of carbonyl (C=O) groups excluding carboxylic acids is 3. The van der Waals surface area contributed by atoms with Crippen LogP contribution in [0.5, 0.6) is 5.75 Å². The smallest absolute Gasteiger partial charge is 0.336 e. The monoisotopic (exact) mass is 421 g/mol. The van der Waals surface area contributed by atoms with E-state index in [2.05, 4.69) is 10.6 Å². The maximum atomic E-state index is 12.1. The number of amides is 3. The Kier molecular flexibility index (Phi) is 7.07. The van der Waals surface area contributed by atoms with Crippen molar-refractivity contribution in [2.24, 2.45) is 0 Å². The highest BCUT2D eigenvalue weighted by Gasteiger charge is 2.23. The number of anilines is 1. The lowest BCUT2D eigenvalue weighted by Gasteiger charge is -2.19. The van der Waals surface area contributed by atoms with E-state index in [1.807, 2.05) is 13.8 Å². The Morgan fingerprint density at radius 1 is 1.03 bits per heavy atom. The zero-order chi connectivity index (χ0) is 22.4. The first-order chi connectivity index (χ1) is 14.8. The molecule has 0 saturated heterocycles. The number of esters is 1. The van der Waals surface area contributed by atoms with E-state index in [4.69, 9.17) is 4.74 Å². The van der Waals surface area contributed by atoms with Gasteiger partial charge in [-0.2, -0.15) is 0 Å². The highest BCUT2D eigenvalue weighted by Crippen LogP contribution is 2.20. The minimum absolute atomic E-state index is 0.0399. The van der Waals surface area contributed by atoms with E-state index in [1.165, 1.54) is 11.0 Å². The lowest BCUT2D eigenvalue weighted by molar-refractivity contribution is -0.128. The van der Waals surface area contributed by atoms with Gasteiger partial charge in [-0.25, -0.2) is 9.59 Å². The van der Waals surface area contributed by atoms with Crippen LogP contribution >= 0.6 is 0 Å². The van der Waals surface area contributed by atoms with Gasteiger partial charge in [0.25, 0.3) is 5.91 Å². The number of benzene rings is 2. The molecule has 1 aliphatic rings. The molecule has 0 radical (unpaired) electrons. The number of ether oxygens (including phenoxy) is 1. The summed E-state index contributed by atoms with van der Waals surface area (Å²) >= 11 is 0. The molecule has 0 aliphatic heterocycles. The quantitative estimate of drug-likeness (QED) is 0.405. The summed E-state index contributed by atoms with van der Waals surface area (Å²) in [4.78, 5) is 37.6. The van der Waals surface area contributed by atoms with Gasteiger partial charge in [-0.1, -0.05) is 12.1 Å². The zero-order valence-corrected chi connectivity index (χ0v) is 17.9. The van der Waals surface area contributed by atoms with Crippen LogP contribution in [-0.2, 0) is 4.79 Å². The van der Waals surface area contributed by atoms with Gasteiger partial charge in [0, 0.05) is 36.5 Å². The first kappa shape index (κ1) is 22.1. The van der Waals surface area contributed by atoms with Gasteiger partial charge in [0.1, 0.15) is 5.75 Å². The van der Waals surface area contributed by atoms with E-state index < -0.39 is 5.97 Å². The molecule has 0 spiro atoms. The minimum Gasteiger partial charge on any atom is -0.423 e. The van der Waals surface area contributed by atoms with Crippen molar-refractivity contribution < 1.29 is 19.1 Å². The largest absolute Gasteiger partial charge is 0.423 e. The van der Waals surface area contributed by atoms with Crippen LogP contribution in [0.25, 0.3) is 6.08 Å². The van der Waals surface area contributed by atoms with Crippen molar-refractivity contribution >= 4 is 29.7 Å². The van der Waals surface area contributed by atoms with Crippen molar-refractivity contribution in [2.45, 2.75) is 38.8 Å². The minimum atomic E-state index is -0.519. The molecule has 0 atom stereocenters. The Morgan fingerprint density at radius 2 is 1.68 bits per heavy atom. The third-order valence-electron chi connectivity index (χ3n) is 4.66. The molecule has 3 amide bonds. The van der Waals surface area contributed by atoms with Crippen LogP contribution in [0.15, 0.2) is 54.6 Å². The molecule has 2 N–H and O–H groups in total. The van der Waals surface area contributed by atoms with E-state index in [0.717, 1.165) is 18.4 Å². The van der Waals surface area contributed by atoms with Crippen molar-refractivity contribution in [1.82, 2.24) is 10.6 Å². The molecule has 7 nitrogen and oxygen atoms in total. The Hall–Kier alpha value is -3.61. The molecule has 0 aromatic heterocycles. The van der Waals surface area contributed by atoms with Crippen LogP contribution in [0.3, 0.4) is 0 Å². The van der Waals surface area contributed by atoms with E-state index in [1.54, 1.807) is 61.7 Å². The molecular formula is C24H27N3O4. The fourth-order valence-corrected chi connectivity index (χ4v) is 2.76. The number of hydrogen-bond donors (Lipinski definition) is 2. The summed E-state index contributed by atoms with van der Waals surface area (Å²) < 4.78 is 5.30. The molecule has 31 heavy (non-hydrogen) atoms. The van der Waals surface area contributed by atoms with Crippen LogP contribution in [0, 0.1) is 0 Å². The summed E-state index contributed by atoms with van der Waals surface area (Å²) in [6, 6.07) is 13.8. The van der Waals surface area contributed by atoms with Gasteiger partial charge in [0.2, 0.25) is 0 Å². The standard InChI is InChI=1S/C24H27N3O4/c1-16(2)25-24(30)27(3)20-11-13-21(14-12-20)31-22(28)15-6-17-4-7-18(8-5-17)23(29)26-19-9-10-19/h4-8,11-16,19H,9-10H2,1-3H3,(H,25,30)(H,26,29). The SMILES string of the molecule is CC(C)NC(=O)N(C)c1ccc(OC(=O)C=Cc2ccc(C(=O)NC3CC3)cc2)cc1. The Morgan fingerprint density at radius 3 is 2.26 bits per heavy atom. The van der Waals surface area contributed by atoms with Crippen molar-refractivity contribution in [3.8, 4) is 5.75 Å². The lowest BCUT2D eigenvalue weighted by Crippen LogP contribution is -2.40. The molecule has 3 rings (SSSR count). The molecule has 2 aromatic rings. The van der Waals surface area contributed by atoms with Gasteiger partial charge in [0.15, 0.2) is 0 Å². The molecule has 0 unspecified atom stereocenters. The topological polar surface area (TPSA) is 87.7 Å². The summed E-state index contributed by atoms with van der Waals surface area (Å²) in [6.45, 7) is 3.78. The second kappa shape index (κ2) is 9.93. The molecule has 2 aromatic carbocycles. The molecule has 162 valence electrons. The first-order valence-corrected chi connectivity index (χ1v) is 10.3. The van der Waals surface area contributed by atoms with Gasteiger partial charge in [-0.3, -0.25) is 9.69 Å². The number of carbonyl (C=O) groups is 3. The van der Waals surface area contributed by atoms with Gasteiger partial charge >= 0.3 is 12.0 Å². The van der Waals surface area contributed by atoms with E-state index in [-0.39, 0.29) is 18.0 Å². The molecule has 7 heteroatoms. The summed E-state index contributed by atoms with van der Waals surface area (Å²) in [6.07, 6.45) is 5.04. The Labute approximate surface area is 182 Å². The van der Waals surface area contributed by atoms with Crippen molar-refractivity contribution in [2.75, 3.05) is 11.9 Å².